The van der Waals surface area contributed by atoms with Gasteiger partial charge in [0.15, 0.2) is 0 Å². The Hall–Kier alpha value is -2.44. The second-order valence-corrected chi connectivity index (χ2v) is 6.64. The average molecular weight is 333 g/mol. The van der Waals surface area contributed by atoms with Gasteiger partial charge in [-0.05, 0) is 50.3 Å². The van der Waals surface area contributed by atoms with Crippen LogP contribution in [0.3, 0.4) is 0 Å². The van der Waals surface area contributed by atoms with Crippen LogP contribution < -0.4 is 10.6 Å². The molecule has 1 aromatic carbocycles. The van der Waals surface area contributed by atoms with Crippen LogP contribution in [0.25, 0.3) is 0 Å². The fourth-order valence-electron chi connectivity index (χ4n) is 3.06. The second-order valence-electron chi connectivity index (χ2n) is 6.64. The molecule has 0 bridgehead atoms. The molecule has 4 amide bonds. The number of urea groups is 1. The lowest BCUT2D eigenvalue weighted by Crippen LogP contribution is -2.47. The van der Waals surface area contributed by atoms with Gasteiger partial charge in [0.25, 0.3) is 5.91 Å². The Bertz CT molecular complexity index is 687. The summed E-state index contributed by atoms with van der Waals surface area (Å²) in [4.78, 5) is 37.6. The van der Waals surface area contributed by atoms with Crippen molar-refractivity contribution in [2.45, 2.75) is 38.3 Å². The van der Waals surface area contributed by atoms with E-state index >= 15 is 0 Å². The number of hydrogen-bond donors (Lipinski definition) is 2. The van der Waals surface area contributed by atoms with Crippen molar-refractivity contribution in [1.29, 1.82) is 0 Å². The molecule has 0 spiro atoms. The summed E-state index contributed by atoms with van der Waals surface area (Å²) in [6.07, 6.45) is 1.81. The first-order chi connectivity index (χ1) is 11.3. The number of halogens is 1. The lowest BCUT2D eigenvalue weighted by Gasteiger charge is -2.21. The lowest BCUT2D eigenvalue weighted by molar-refractivity contribution is -0.135. The summed E-state index contributed by atoms with van der Waals surface area (Å²) in [5, 5.41) is 5.42. The molecule has 0 aromatic heterocycles. The van der Waals surface area contributed by atoms with Crippen LogP contribution >= 0.6 is 0 Å². The first-order valence-corrected chi connectivity index (χ1v) is 8.00. The standard InChI is InChI=1S/C17H20FN3O3/c1-10(11-3-7-13(18)8-4-11)19-14(22)9-21-15(23)17(2,12-5-6-12)20-16(21)24/h3-4,7-8,10,12H,5-6,9H2,1-2H3,(H,19,22)(H,20,24)/t10-,17+/m1/s1. The predicted molar refractivity (Wildman–Crippen MR) is 84.3 cm³/mol. The van der Waals surface area contributed by atoms with E-state index in [0.717, 1.165) is 23.3 Å². The summed E-state index contributed by atoms with van der Waals surface area (Å²) in [6, 6.07) is 4.91. The molecule has 0 radical (unpaired) electrons. The summed E-state index contributed by atoms with van der Waals surface area (Å²) >= 11 is 0. The smallest absolute Gasteiger partial charge is 0.325 e. The van der Waals surface area contributed by atoms with Gasteiger partial charge in [-0.15, -0.1) is 0 Å². The normalized spacial score (nSPS) is 24.7. The highest BCUT2D eigenvalue weighted by Crippen LogP contribution is 2.42. The molecule has 1 aromatic rings. The Labute approximate surface area is 139 Å². The summed E-state index contributed by atoms with van der Waals surface area (Å²) in [5.41, 5.74) is -0.148. The Morgan fingerprint density at radius 1 is 1.38 bits per heavy atom. The van der Waals surface area contributed by atoms with Crippen molar-refractivity contribution < 1.29 is 18.8 Å². The van der Waals surface area contributed by atoms with Crippen molar-refractivity contribution in [2.24, 2.45) is 5.92 Å². The number of carbonyl (C=O) groups excluding carboxylic acids is 3. The number of imide groups is 1. The maximum Gasteiger partial charge on any atom is 0.325 e. The summed E-state index contributed by atoms with van der Waals surface area (Å²) in [7, 11) is 0. The molecule has 1 saturated carbocycles. The van der Waals surface area contributed by atoms with Gasteiger partial charge in [-0.3, -0.25) is 14.5 Å². The second kappa shape index (κ2) is 5.89. The van der Waals surface area contributed by atoms with E-state index < -0.39 is 17.5 Å². The zero-order valence-electron chi connectivity index (χ0n) is 13.6. The number of hydrogen-bond acceptors (Lipinski definition) is 3. The van der Waals surface area contributed by atoms with Gasteiger partial charge < -0.3 is 10.6 Å². The first-order valence-electron chi connectivity index (χ1n) is 8.00. The van der Waals surface area contributed by atoms with E-state index in [4.69, 9.17) is 0 Å². The molecule has 2 atom stereocenters. The van der Waals surface area contributed by atoms with E-state index in [-0.39, 0.29) is 30.2 Å². The van der Waals surface area contributed by atoms with Gasteiger partial charge in [0, 0.05) is 0 Å². The number of nitrogens with zero attached hydrogens (tertiary/aromatic N) is 1. The van der Waals surface area contributed by atoms with Crippen molar-refractivity contribution in [2.75, 3.05) is 6.54 Å². The van der Waals surface area contributed by atoms with Crippen LogP contribution in [-0.2, 0) is 9.59 Å². The van der Waals surface area contributed by atoms with E-state index in [1.807, 2.05) is 0 Å². The minimum Gasteiger partial charge on any atom is -0.348 e. The van der Waals surface area contributed by atoms with Crippen LogP contribution in [0.5, 0.6) is 0 Å². The molecule has 2 fully saturated rings. The predicted octanol–water partition coefficient (Wildman–Crippen LogP) is 1.72. The number of rotatable bonds is 5. The molecule has 2 aliphatic rings. The zero-order valence-corrected chi connectivity index (χ0v) is 13.6. The molecule has 1 aliphatic carbocycles. The SMILES string of the molecule is C[C@@H](NC(=O)CN1C(=O)N[C@@](C)(C2CC2)C1=O)c1ccc(F)cc1. The van der Waals surface area contributed by atoms with E-state index in [0.29, 0.717) is 0 Å². The molecular formula is C17H20FN3O3. The van der Waals surface area contributed by atoms with Crippen LogP contribution in [0.15, 0.2) is 24.3 Å². The van der Waals surface area contributed by atoms with Gasteiger partial charge in [-0.1, -0.05) is 12.1 Å². The highest BCUT2D eigenvalue weighted by atomic mass is 19.1. The minimum atomic E-state index is -0.889. The third-order valence-electron chi connectivity index (χ3n) is 4.74. The van der Waals surface area contributed by atoms with Gasteiger partial charge in [0.05, 0.1) is 6.04 Å². The molecule has 1 saturated heterocycles. The van der Waals surface area contributed by atoms with Crippen LogP contribution in [0.4, 0.5) is 9.18 Å². The maximum absolute atomic E-state index is 12.9. The molecular weight excluding hydrogens is 313 g/mol. The van der Waals surface area contributed by atoms with Crippen molar-refractivity contribution >= 4 is 17.8 Å². The van der Waals surface area contributed by atoms with E-state index in [1.165, 1.54) is 12.1 Å². The highest BCUT2D eigenvalue weighted by molar-refractivity contribution is 6.09. The molecule has 3 rings (SSSR count). The lowest BCUT2D eigenvalue weighted by atomic mass is 9.96. The molecule has 2 N–H and O–H groups in total. The zero-order chi connectivity index (χ0) is 17.5. The van der Waals surface area contributed by atoms with Gasteiger partial charge in [0.2, 0.25) is 5.91 Å². The van der Waals surface area contributed by atoms with Gasteiger partial charge in [-0.25, -0.2) is 9.18 Å². The highest BCUT2D eigenvalue weighted by Gasteiger charge is 2.56. The van der Waals surface area contributed by atoms with Crippen LogP contribution in [0.1, 0.15) is 38.3 Å². The van der Waals surface area contributed by atoms with Gasteiger partial charge in [0.1, 0.15) is 17.9 Å². The number of carbonyl (C=O) groups is 3. The summed E-state index contributed by atoms with van der Waals surface area (Å²) in [5.74, 6) is -0.980. The van der Waals surface area contributed by atoms with Crippen LogP contribution in [-0.4, -0.2) is 34.8 Å². The Kier molecular flexibility index (Phi) is 4.03. The van der Waals surface area contributed by atoms with Gasteiger partial charge in [-0.2, -0.15) is 0 Å². The summed E-state index contributed by atoms with van der Waals surface area (Å²) < 4.78 is 12.9. The molecule has 24 heavy (non-hydrogen) atoms. The number of amides is 4. The first kappa shape index (κ1) is 16.4. The fraction of sp³-hybridized carbons (Fsp3) is 0.471. The molecule has 6 nitrogen and oxygen atoms in total. The molecule has 7 heteroatoms. The van der Waals surface area contributed by atoms with Crippen LogP contribution in [0, 0.1) is 11.7 Å². The fourth-order valence-corrected chi connectivity index (χ4v) is 3.06. The van der Waals surface area contributed by atoms with E-state index in [2.05, 4.69) is 10.6 Å². The van der Waals surface area contributed by atoms with Gasteiger partial charge >= 0.3 is 6.03 Å². The maximum atomic E-state index is 12.9. The average Bonchev–Trinajstić information content (AvgIpc) is 3.34. The Morgan fingerprint density at radius 3 is 2.58 bits per heavy atom. The molecule has 128 valence electrons. The van der Waals surface area contributed by atoms with Crippen molar-refractivity contribution in [3.63, 3.8) is 0 Å². The minimum absolute atomic E-state index is 0.153. The number of benzene rings is 1. The van der Waals surface area contributed by atoms with Crippen LogP contribution in [0.2, 0.25) is 0 Å². The molecule has 1 heterocycles. The summed E-state index contributed by atoms with van der Waals surface area (Å²) in [6.45, 7) is 3.15. The third-order valence-corrected chi connectivity index (χ3v) is 4.74. The third kappa shape index (κ3) is 2.98. The van der Waals surface area contributed by atoms with Crippen molar-refractivity contribution in [3.8, 4) is 0 Å². The molecule has 0 unspecified atom stereocenters. The monoisotopic (exact) mass is 333 g/mol. The van der Waals surface area contributed by atoms with E-state index in [1.54, 1.807) is 26.0 Å². The Morgan fingerprint density at radius 2 is 2.00 bits per heavy atom. The van der Waals surface area contributed by atoms with E-state index in [9.17, 15) is 18.8 Å². The largest absolute Gasteiger partial charge is 0.348 e. The topological polar surface area (TPSA) is 78.5 Å². The quantitative estimate of drug-likeness (QED) is 0.806. The Balaban J connectivity index is 1.61. The number of nitrogens with one attached hydrogen (secondary N) is 2. The molecule has 1 aliphatic heterocycles. The van der Waals surface area contributed by atoms with Crippen molar-refractivity contribution in [3.05, 3.63) is 35.6 Å². The van der Waals surface area contributed by atoms with Crippen molar-refractivity contribution in [1.82, 2.24) is 15.5 Å².